The van der Waals surface area contributed by atoms with E-state index in [-0.39, 0.29) is 6.04 Å². The van der Waals surface area contributed by atoms with Crippen molar-refractivity contribution in [3.63, 3.8) is 0 Å². The van der Waals surface area contributed by atoms with Crippen molar-refractivity contribution in [3.05, 3.63) is 54.0 Å². The summed E-state index contributed by atoms with van der Waals surface area (Å²) in [4.78, 5) is 7.00. The van der Waals surface area contributed by atoms with Gasteiger partial charge in [0.25, 0.3) is 0 Å². The summed E-state index contributed by atoms with van der Waals surface area (Å²) in [6.07, 6.45) is 4.19. The lowest BCUT2D eigenvalue weighted by Crippen LogP contribution is -2.30. The molecule has 0 amide bonds. The van der Waals surface area contributed by atoms with Crippen LogP contribution < -0.4 is 11.1 Å². The number of nitrogens with two attached hydrogens (primary N) is 1. The SMILES string of the molecule is CC(C)c1cccc(NC(N)=NCC(c2ccco2)N2CCCC2)c1. The molecule has 2 heterocycles. The van der Waals surface area contributed by atoms with Gasteiger partial charge in [-0.05, 0) is 61.7 Å². The van der Waals surface area contributed by atoms with Gasteiger partial charge in [-0.1, -0.05) is 26.0 Å². The molecule has 1 atom stereocenters. The van der Waals surface area contributed by atoms with Gasteiger partial charge in [0, 0.05) is 5.69 Å². The molecule has 0 spiro atoms. The molecule has 1 aliphatic heterocycles. The minimum atomic E-state index is 0.153. The second-order valence-electron chi connectivity index (χ2n) is 6.91. The van der Waals surface area contributed by atoms with Crippen LogP contribution in [-0.2, 0) is 0 Å². The first-order chi connectivity index (χ1) is 12.1. The molecule has 5 nitrogen and oxygen atoms in total. The summed E-state index contributed by atoms with van der Waals surface area (Å²) in [5.74, 6) is 1.88. The van der Waals surface area contributed by atoms with Gasteiger partial charge < -0.3 is 15.5 Å². The summed E-state index contributed by atoms with van der Waals surface area (Å²) in [6, 6.07) is 12.4. The van der Waals surface area contributed by atoms with E-state index in [1.165, 1.54) is 18.4 Å². The molecule has 3 N–H and O–H groups in total. The largest absolute Gasteiger partial charge is 0.468 e. The molecule has 0 bridgehead atoms. The first-order valence-corrected chi connectivity index (χ1v) is 9.08. The fourth-order valence-electron chi connectivity index (χ4n) is 3.27. The first kappa shape index (κ1) is 17.5. The molecule has 134 valence electrons. The Morgan fingerprint density at radius 2 is 2.04 bits per heavy atom. The molecule has 1 unspecified atom stereocenters. The van der Waals surface area contributed by atoms with E-state index in [2.05, 4.69) is 41.2 Å². The number of aliphatic imine (C=N–C) groups is 1. The quantitative estimate of drug-likeness (QED) is 0.617. The van der Waals surface area contributed by atoms with Gasteiger partial charge >= 0.3 is 0 Å². The molecule has 1 fully saturated rings. The first-order valence-electron chi connectivity index (χ1n) is 9.08. The van der Waals surface area contributed by atoms with Gasteiger partial charge in [-0.25, -0.2) is 0 Å². The van der Waals surface area contributed by atoms with Crippen molar-refractivity contribution in [1.29, 1.82) is 0 Å². The number of nitrogens with zero attached hydrogens (tertiary/aromatic N) is 2. The summed E-state index contributed by atoms with van der Waals surface area (Å²) in [5.41, 5.74) is 8.38. The number of rotatable bonds is 6. The number of guanidine groups is 1. The smallest absolute Gasteiger partial charge is 0.193 e. The zero-order valence-corrected chi connectivity index (χ0v) is 15.1. The summed E-state index contributed by atoms with van der Waals surface area (Å²) >= 11 is 0. The minimum Gasteiger partial charge on any atom is -0.468 e. The van der Waals surface area contributed by atoms with Crippen LogP contribution in [0.3, 0.4) is 0 Å². The highest BCUT2D eigenvalue weighted by atomic mass is 16.3. The molecule has 1 saturated heterocycles. The maximum atomic E-state index is 6.12. The Kier molecular flexibility index (Phi) is 5.76. The highest BCUT2D eigenvalue weighted by Gasteiger charge is 2.25. The Bertz CT molecular complexity index is 687. The molecule has 2 aromatic rings. The van der Waals surface area contributed by atoms with Crippen LogP contribution >= 0.6 is 0 Å². The van der Waals surface area contributed by atoms with Crippen molar-refractivity contribution >= 4 is 11.6 Å². The van der Waals surface area contributed by atoms with E-state index >= 15 is 0 Å². The maximum Gasteiger partial charge on any atom is 0.193 e. The van der Waals surface area contributed by atoms with Crippen molar-refractivity contribution in [2.24, 2.45) is 10.7 Å². The molecular formula is C20H28N4O. The summed E-state index contributed by atoms with van der Waals surface area (Å²) < 4.78 is 5.63. The standard InChI is InChI=1S/C20H28N4O/c1-15(2)16-7-5-8-17(13-16)23-20(21)22-14-18(19-9-6-12-25-19)24-10-3-4-11-24/h5-9,12-13,15,18H,3-4,10-11,14H2,1-2H3,(H3,21,22,23). The fourth-order valence-corrected chi connectivity index (χ4v) is 3.27. The monoisotopic (exact) mass is 340 g/mol. The molecule has 0 radical (unpaired) electrons. The van der Waals surface area contributed by atoms with Gasteiger partial charge in [0.2, 0.25) is 0 Å². The molecule has 25 heavy (non-hydrogen) atoms. The van der Waals surface area contributed by atoms with Crippen LogP contribution in [0.5, 0.6) is 0 Å². The summed E-state index contributed by atoms with van der Waals surface area (Å²) in [7, 11) is 0. The predicted octanol–water partition coefficient (Wildman–Crippen LogP) is 3.97. The van der Waals surface area contributed by atoms with E-state index in [0.29, 0.717) is 18.4 Å². The van der Waals surface area contributed by atoms with Crippen LogP contribution in [0.2, 0.25) is 0 Å². The topological polar surface area (TPSA) is 66.8 Å². The number of furan rings is 1. The van der Waals surface area contributed by atoms with Crippen LogP contribution in [-0.4, -0.2) is 30.5 Å². The van der Waals surface area contributed by atoms with E-state index in [1.54, 1.807) is 6.26 Å². The van der Waals surface area contributed by atoms with Gasteiger partial charge in [-0.15, -0.1) is 0 Å². The Labute approximate surface area is 149 Å². The molecule has 1 aliphatic rings. The normalized spacial score (nSPS) is 17.2. The van der Waals surface area contributed by atoms with Crippen molar-refractivity contribution in [1.82, 2.24) is 4.90 Å². The minimum absolute atomic E-state index is 0.153. The second kappa shape index (κ2) is 8.21. The van der Waals surface area contributed by atoms with Crippen LogP contribution in [0, 0.1) is 0 Å². The highest BCUT2D eigenvalue weighted by molar-refractivity contribution is 5.92. The lowest BCUT2D eigenvalue weighted by molar-refractivity contribution is 0.221. The van der Waals surface area contributed by atoms with Gasteiger partial charge in [0.15, 0.2) is 5.96 Å². The average molecular weight is 340 g/mol. The number of anilines is 1. The number of hydrogen-bond acceptors (Lipinski definition) is 3. The van der Waals surface area contributed by atoms with Gasteiger partial charge in [0.05, 0.1) is 18.8 Å². The van der Waals surface area contributed by atoms with Crippen molar-refractivity contribution < 1.29 is 4.42 Å². The van der Waals surface area contributed by atoms with Crippen LogP contribution in [0.1, 0.15) is 50.0 Å². The molecule has 5 heteroatoms. The third-order valence-electron chi connectivity index (χ3n) is 4.71. The predicted molar refractivity (Wildman–Crippen MR) is 103 cm³/mol. The second-order valence-corrected chi connectivity index (χ2v) is 6.91. The lowest BCUT2D eigenvalue weighted by atomic mass is 10.0. The zero-order chi connectivity index (χ0) is 17.6. The maximum absolute atomic E-state index is 6.12. The van der Waals surface area contributed by atoms with E-state index < -0.39 is 0 Å². The Morgan fingerprint density at radius 3 is 2.72 bits per heavy atom. The molecule has 0 aliphatic carbocycles. The Morgan fingerprint density at radius 1 is 1.24 bits per heavy atom. The van der Waals surface area contributed by atoms with Crippen LogP contribution in [0.25, 0.3) is 0 Å². The van der Waals surface area contributed by atoms with Crippen LogP contribution in [0.4, 0.5) is 5.69 Å². The lowest BCUT2D eigenvalue weighted by Gasteiger charge is -2.24. The molecule has 1 aromatic carbocycles. The zero-order valence-electron chi connectivity index (χ0n) is 15.1. The van der Waals surface area contributed by atoms with E-state index in [0.717, 1.165) is 24.5 Å². The third-order valence-corrected chi connectivity index (χ3v) is 4.71. The van der Waals surface area contributed by atoms with Gasteiger partial charge in [-0.2, -0.15) is 0 Å². The molecule has 0 saturated carbocycles. The van der Waals surface area contributed by atoms with Crippen molar-refractivity contribution in [3.8, 4) is 0 Å². The Hall–Kier alpha value is -2.27. The number of benzene rings is 1. The third kappa shape index (κ3) is 4.63. The van der Waals surface area contributed by atoms with Crippen molar-refractivity contribution in [2.75, 3.05) is 25.0 Å². The molecule has 1 aromatic heterocycles. The van der Waals surface area contributed by atoms with Gasteiger partial charge in [-0.3, -0.25) is 9.89 Å². The Balaban J connectivity index is 1.67. The fraction of sp³-hybridized carbons (Fsp3) is 0.450. The van der Waals surface area contributed by atoms with E-state index in [1.807, 2.05) is 24.3 Å². The van der Waals surface area contributed by atoms with Gasteiger partial charge in [0.1, 0.15) is 5.76 Å². The number of hydrogen-bond donors (Lipinski definition) is 2. The highest BCUT2D eigenvalue weighted by Crippen LogP contribution is 2.26. The summed E-state index contributed by atoms with van der Waals surface area (Å²) in [6.45, 7) is 7.13. The van der Waals surface area contributed by atoms with Crippen LogP contribution in [0.15, 0.2) is 52.1 Å². The van der Waals surface area contributed by atoms with E-state index in [9.17, 15) is 0 Å². The number of nitrogens with one attached hydrogen (secondary N) is 1. The van der Waals surface area contributed by atoms with E-state index in [4.69, 9.17) is 10.2 Å². The molecular weight excluding hydrogens is 312 g/mol. The van der Waals surface area contributed by atoms with Crippen molar-refractivity contribution in [2.45, 2.75) is 38.6 Å². The summed E-state index contributed by atoms with van der Waals surface area (Å²) in [5, 5.41) is 3.21. The average Bonchev–Trinajstić information content (AvgIpc) is 3.29. The molecule has 3 rings (SSSR count). The number of likely N-dealkylation sites (tertiary alicyclic amines) is 1.